The molecule has 0 saturated heterocycles. The third-order valence-corrected chi connectivity index (χ3v) is 2.76. The van der Waals surface area contributed by atoms with E-state index in [1.165, 1.54) is 12.1 Å². The Balaban J connectivity index is 2.33. The van der Waals surface area contributed by atoms with Crippen molar-refractivity contribution in [2.75, 3.05) is 18.2 Å². The molecule has 4 heteroatoms. The maximum Gasteiger partial charge on any atom is 0.127 e. The average Bonchev–Trinajstić information content (AvgIpc) is 2.35. The first-order valence-corrected chi connectivity index (χ1v) is 5.57. The molecule has 0 unspecified atom stereocenters. The lowest BCUT2D eigenvalue weighted by atomic mass is 10.1. The van der Waals surface area contributed by atoms with Gasteiger partial charge in [0.2, 0.25) is 0 Å². The van der Waals surface area contributed by atoms with Crippen LogP contribution in [0.2, 0.25) is 0 Å². The molecule has 3 N–H and O–H groups in total. The molecule has 0 amide bonds. The second-order valence-corrected chi connectivity index (χ2v) is 4.02. The number of nitrogen functional groups attached to an aromatic ring is 1. The van der Waals surface area contributed by atoms with Gasteiger partial charge < -0.3 is 15.8 Å². The number of ether oxygens (including phenoxy) is 1. The van der Waals surface area contributed by atoms with E-state index in [0.717, 1.165) is 17.0 Å². The maximum atomic E-state index is 13.3. The maximum absolute atomic E-state index is 13.3. The Hall–Kier alpha value is -2.23. The first-order valence-electron chi connectivity index (χ1n) is 5.57. The molecule has 0 aliphatic rings. The van der Waals surface area contributed by atoms with E-state index in [4.69, 9.17) is 10.5 Å². The molecule has 0 aliphatic heterocycles. The lowest BCUT2D eigenvalue weighted by molar-refractivity contribution is 0.415. The molecule has 0 atom stereocenters. The minimum Gasteiger partial charge on any atom is -0.497 e. The van der Waals surface area contributed by atoms with Gasteiger partial charge in [-0.15, -0.1) is 0 Å². The van der Waals surface area contributed by atoms with Crippen molar-refractivity contribution in [3.05, 3.63) is 47.8 Å². The zero-order valence-corrected chi connectivity index (χ0v) is 10.3. The van der Waals surface area contributed by atoms with Crippen LogP contribution in [0.3, 0.4) is 0 Å². The van der Waals surface area contributed by atoms with E-state index in [1.807, 2.05) is 31.2 Å². The molecule has 0 fully saturated rings. The van der Waals surface area contributed by atoms with Gasteiger partial charge in [0.25, 0.3) is 0 Å². The van der Waals surface area contributed by atoms with Gasteiger partial charge in [-0.3, -0.25) is 0 Å². The van der Waals surface area contributed by atoms with Gasteiger partial charge in [-0.25, -0.2) is 4.39 Å². The Kier molecular flexibility index (Phi) is 3.37. The number of anilines is 3. The van der Waals surface area contributed by atoms with Crippen molar-refractivity contribution in [3.63, 3.8) is 0 Å². The van der Waals surface area contributed by atoms with E-state index < -0.39 is 0 Å². The van der Waals surface area contributed by atoms with Crippen LogP contribution in [0.25, 0.3) is 0 Å². The highest BCUT2D eigenvalue weighted by Crippen LogP contribution is 2.27. The molecule has 0 radical (unpaired) electrons. The van der Waals surface area contributed by atoms with Crippen LogP contribution in [0.1, 0.15) is 5.56 Å². The van der Waals surface area contributed by atoms with Gasteiger partial charge in [-0.1, -0.05) is 6.07 Å². The number of hydrogen-bond acceptors (Lipinski definition) is 3. The van der Waals surface area contributed by atoms with Crippen molar-refractivity contribution >= 4 is 17.1 Å². The Bertz CT molecular complexity index is 570. The minimum absolute atomic E-state index is 0.358. The van der Waals surface area contributed by atoms with Crippen LogP contribution in [0.4, 0.5) is 21.5 Å². The summed E-state index contributed by atoms with van der Waals surface area (Å²) in [6, 6.07) is 10.2. The van der Waals surface area contributed by atoms with Crippen LogP contribution in [0.15, 0.2) is 36.4 Å². The fourth-order valence-electron chi connectivity index (χ4n) is 1.69. The highest BCUT2D eigenvalue weighted by atomic mass is 19.1. The van der Waals surface area contributed by atoms with Crippen LogP contribution in [-0.4, -0.2) is 7.11 Å². The van der Waals surface area contributed by atoms with Gasteiger partial charge in [0.15, 0.2) is 0 Å². The first kappa shape index (κ1) is 12.2. The van der Waals surface area contributed by atoms with Crippen molar-refractivity contribution in [1.29, 1.82) is 0 Å². The first-order chi connectivity index (χ1) is 8.60. The van der Waals surface area contributed by atoms with Crippen molar-refractivity contribution in [2.45, 2.75) is 6.92 Å². The molecule has 0 heterocycles. The second-order valence-electron chi connectivity index (χ2n) is 4.02. The average molecular weight is 246 g/mol. The summed E-state index contributed by atoms with van der Waals surface area (Å²) in [6.45, 7) is 1.84. The summed E-state index contributed by atoms with van der Waals surface area (Å²) in [7, 11) is 1.60. The smallest absolute Gasteiger partial charge is 0.127 e. The Morgan fingerprint density at radius 3 is 2.72 bits per heavy atom. The quantitative estimate of drug-likeness (QED) is 0.815. The van der Waals surface area contributed by atoms with Gasteiger partial charge in [-0.2, -0.15) is 0 Å². The standard InChI is InChI=1S/C14H15FN2O/c1-9-13(16)6-10(15)7-14(9)17-11-4-3-5-12(8-11)18-2/h3-8,17H,16H2,1-2H3. The molecule has 0 aromatic heterocycles. The van der Waals surface area contributed by atoms with Crippen LogP contribution >= 0.6 is 0 Å². The molecule has 3 nitrogen and oxygen atoms in total. The normalized spacial score (nSPS) is 10.2. The SMILES string of the molecule is COc1cccc(Nc2cc(F)cc(N)c2C)c1. The van der Waals surface area contributed by atoms with Gasteiger partial charge in [0.05, 0.1) is 7.11 Å². The monoisotopic (exact) mass is 246 g/mol. The highest BCUT2D eigenvalue weighted by molar-refractivity contribution is 5.69. The third kappa shape index (κ3) is 2.53. The predicted octanol–water partition coefficient (Wildman–Crippen LogP) is 3.47. The largest absolute Gasteiger partial charge is 0.497 e. The third-order valence-electron chi connectivity index (χ3n) is 2.76. The Labute approximate surface area is 105 Å². The summed E-state index contributed by atoms with van der Waals surface area (Å²) < 4.78 is 18.4. The van der Waals surface area contributed by atoms with Gasteiger partial charge in [-0.05, 0) is 36.8 Å². The molecular weight excluding hydrogens is 231 g/mol. The number of benzene rings is 2. The summed E-state index contributed by atoms with van der Waals surface area (Å²) in [5.74, 6) is 0.380. The lowest BCUT2D eigenvalue weighted by Gasteiger charge is -2.12. The van der Waals surface area contributed by atoms with E-state index in [9.17, 15) is 4.39 Å². The van der Waals surface area contributed by atoms with E-state index in [2.05, 4.69) is 5.32 Å². The van der Waals surface area contributed by atoms with Crippen molar-refractivity contribution in [2.24, 2.45) is 0 Å². The van der Waals surface area contributed by atoms with Crippen LogP contribution in [0, 0.1) is 12.7 Å². The van der Waals surface area contributed by atoms with E-state index in [1.54, 1.807) is 7.11 Å². The van der Waals surface area contributed by atoms with Crippen LogP contribution < -0.4 is 15.8 Å². The number of rotatable bonds is 3. The molecule has 0 saturated carbocycles. The summed E-state index contributed by atoms with van der Waals surface area (Å²) in [6.07, 6.45) is 0. The number of nitrogens with two attached hydrogens (primary N) is 1. The van der Waals surface area contributed by atoms with Gasteiger partial charge in [0.1, 0.15) is 11.6 Å². The number of methoxy groups -OCH3 is 1. The number of hydrogen-bond donors (Lipinski definition) is 2. The van der Waals surface area contributed by atoms with Crippen molar-refractivity contribution < 1.29 is 9.13 Å². The van der Waals surface area contributed by atoms with E-state index in [-0.39, 0.29) is 5.82 Å². The zero-order chi connectivity index (χ0) is 13.1. The van der Waals surface area contributed by atoms with Crippen molar-refractivity contribution in [3.8, 4) is 5.75 Å². The second kappa shape index (κ2) is 4.96. The van der Waals surface area contributed by atoms with Crippen LogP contribution in [-0.2, 0) is 0 Å². The van der Waals surface area contributed by atoms with Gasteiger partial charge in [0, 0.05) is 23.1 Å². The molecule has 2 aromatic rings. The molecule has 18 heavy (non-hydrogen) atoms. The van der Waals surface area contributed by atoms with E-state index >= 15 is 0 Å². The fraction of sp³-hybridized carbons (Fsp3) is 0.143. The van der Waals surface area contributed by atoms with E-state index in [0.29, 0.717) is 11.4 Å². The van der Waals surface area contributed by atoms with Crippen molar-refractivity contribution in [1.82, 2.24) is 0 Å². The summed E-state index contributed by atoms with van der Waals surface area (Å²) in [5.41, 5.74) is 8.45. The molecule has 2 aromatic carbocycles. The Morgan fingerprint density at radius 2 is 2.00 bits per heavy atom. The van der Waals surface area contributed by atoms with Crippen LogP contribution in [0.5, 0.6) is 5.75 Å². The molecular formula is C14H15FN2O. The zero-order valence-electron chi connectivity index (χ0n) is 10.3. The predicted molar refractivity (Wildman–Crippen MR) is 71.8 cm³/mol. The minimum atomic E-state index is -0.358. The molecule has 0 aliphatic carbocycles. The lowest BCUT2D eigenvalue weighted by Crippen LogP contribution is -1.98. The highest BCUT2D eigenvalue weighted by Gasteiger charge is 2.05. The summed E-state index contributed by atoms with van der Waals surface area (Å²) in [5, 5.41) is 3.13. The molecule has 0 spiro atoms. The number of nitrogens with one attached hydrogen (secondary N) is 1. The van der Waals surface area contributed by atoms with Gasteiger partial charge >= 0.3 is 0 Å². The Morgan fingerprint density at radius 1 is 1.22 bits per heavy atom. The molecule has 0 bridgehead atoms. The summed E-state index contributed by atoms with van der Waals surface area (Å²) >= 11 is 0. The molecule has 94 valence electrons. The fourth-order valence-corrected chi connectivity index (χ4v) is 1.69. The molecule has 2 rings (SSSR count). The topological polar surface area (TPSA) is 47.3 Å². The summed E-state index contributed by atoms with van der Waals surface area (Å²) in [4.78, 5) is 0. The number of halogens is 1.